The van der Waals surface area contributed by atoms with Crippen molar-refractivity contribution in [3.05, 3.63) is 17.5 Å². The van der Waals surface area contributed by atoms with E-state index in [1.807, 2.05) is 6.92 Å². The third-order valence-corrected chi connectivity index (χ3v) is 3.02. The average molecular weight is 297 g/mol. The van der Waals surface area contributed by atoms with E-state index in [2.05, 4.69) is 24.3 Å². The first-order chi connectivity index (χ1) is 9.76. The third kappa shape index (κ3) is 4.56. The SMILES string of the molecule is CCn1nc(CC(C)C)cc1C(=O)N[C@@H](C(=O)O)[C@H](C)O. The molecule has 0 aliphatic rings. The molecule has 0 saturated carbocycles. The van der Waals surface area contributed by atoms with Crippen molar-refractivity contribution < 1.29 is 19.8 Å². The van der Waals surface area contributed by atoms with Crippen LogP contribution in [0.1, 0.15) is 43.9 Å². The Morgan fingerprint density at radius 3 is 2.43 bits per heavy atom. The van der Waals surface area contributed by atoms with Crippen LogP contribution in [0.4, 0.5) is 0 Å². The van der Waals surface area contributed by atoms with Crippen LogP contribution in [0.25, 0.3) is 0 Å². The number of aliphatic hydroxyl groups excluding tert-OH is 1. The number of nitrogens with zero attached hydrogens (tertiary/aromatic N) is 2. The number of carbonyl (C=O) groups excluding carboxylic acids is 1. The minimum atomic E-state index is -1.34. The van der Waals surface area contributed by atoms with Crippen LogP contribution in [-0.4, -0.2) is 44.0 Å². The number of hydrogen-bond donors (Lipinski definition) is 3. The Kier molecular flexibility index (Phi) is 5.90. The van der Waals surface area contributed by atoms with E-state index in [1.54, 1.807) is 6.07 Å². The molecular weight excluding hydrogens is 274 g/mol. The van der Waals surface area contributed by atoms with Crippen LogP contribution in [-0.2, 0) is 17.8 Å². The number of aliphatic carboxylic acids is 1. The summed E-state index contributed by atoms with van der Waals surface area (Å²) < 4.78 is 1.54. The second-order valence-corrected chi connectivity index (χ2v) is 5.46. The minimum Gasteiger partial charge on any atom is -0.480 e. The third-order valence-electron chi connectivity index (χ3n) is 3.02. The van der Waals surface area contributed by atoms with E-state index >= 15 is 0 Å². The fraction of sp³-hybridized carbons (Fsp3) is 0.643. The molecule has 0 unspecified atom stereocenters. The van der Waals surface area contributed by atoms with E-state index in [0.29, 0.717) is 18.2 Å². The van der Waals surface area contributed by atoms with Gasteiger partial charge in [0.1, 0.15) is 5.69 Å². The summed E-state index contributed by atoms with van der Waals surface area (Å²) in [5.41, 5.74) is 1.10. The summed E-state index contributed by atoms with van der Waals surface area (Å²) in [6.45, 7) is 7.79. The van der Waals surface area contributed by atoms with Gasteiger partial charge in [0, 0.05) is 6.54 Å². The Morgan fingerprint density at radius 2 is 2.00 bits per heavy atom. The van der Waals surface area contributed by atoms with E-state index in [-0.39, 0.29) is 0 Å². The molecule has 0 aliphatic heterocycles. The second kappa shape index (κ2) is 7.21. The first-order valence-corrected chi connectivity index (χ1v) is 7.04. The van der Waals surface area contributed by atoms with Crippen molar-refractivity contribution in [2.45, 2.75) is 52.8 Å². The number of aliphatic hydroxyl groups is 1. The van der Waals surface area contributed by atoms with Crippen molar-refractivity contribution in [3.8, 4) is 0 Å². The molecule has 21 heavy (non-hydrogen) atoms. The van der Waals surface area contributed by atoms with Crippen molar-refractivity contribution in [1.82, 2.24) is 15.1 Å². The van der Waals surface area contributed by atoms with Crippen LogP contribution in [0.3, 0.4) is 0 Å². The fourth-order valence-electron chi connectivity index (χ4n) is 2.02. The van der Waals surface area contributed by atoms with E-state index < -0.39 is 24.0 Å². The molecule has 0 aliphatic carbocycles. The van der Waals surface area contributed by atoms with Crippen molar-refractivity contribution in [2.75, 3.05) is 0 Å². The van der Waals surface area contributed by atoms with Gasteiger partial charge in [0.25, 0.3) is 5.91 Å². The van der Waals surface area contributed by atoms with E-state index in [1.165, 1.54) is 11.6 Å². The van der Waals surface area contributed by atoms with Crippen LogP contribution >= 0.6 is 0 Å². The Morgan fingerprint density at radius 1 is 1.38 bits per heavy atom. The van der Waals surface area contributed by atoms with Gasteiger partial charge in [-0.15, -0.1) is 0 Å². The molecule has 7 nitrogen and oxygen atoms in total. The Hall–Kier alpha value is -1.89. The van der Waals surface area contributed by atoms with Crippen LogP contribution in [0.15, 0.2) is 6.07 Å². The van der Waals surface area contributed by atoms with Gasteiger partial charge in [-0.3, -0.25) is 9.48 Å². The van der Waals surface area contributed by atoms with Gasteiger partial charge in [0.05, 0.1) is 11.8 Å². The standard InChI is InChI=1S/C14H23N3O4/c1-5-17-11(7-10(16-17)6-8(2)3)13(19)15-12(9(4)18)14(20)21/h7-9,12,18H,5-6H2,1-4H3,(H,15,19)(H,20,21)/t9-,12+/m0/s1. The van der Waals surface area contributed by atoms with Gasteiger partial charge < -0.3 is 15.5 Å². The molecule has 0 saturated heterocycles. The number of nitrogens with one attached hydrogen (secondary N) is 1. The van der Waals surface area contributed by atoms with E-state index in [9.17, 15) is 14.7 Å². The van der Waals surface area contributed by atoms with Gasteiger partial charge in [-0.1, -0.05) is 13.8 Å². The maximum Gasteiger partial charge on any atom is 0.328 e. The molecule has 118 valence electrons. The molecule has 1 aromatic heterocycles. The predicted octanol–water partition coefficient (Wildman–Crippen LogP) is 0.665. The lowest BCUT2D eigenvalue weighted by molar-refractivity contribution is -0.141. The van der Waals surface area contributed by atoms with Gasteiger partial charge in [-0.2, -0.15) is 5.10 Å². The number of rotatable bonds is 7. The van der Waals surface area contributed by atoms with E-state index in [0.717, 1.165) is 12.1 Å². The van der Waals surface area contributed by atoms with Gasteiger partial charge >= 0.3 is 5.97 Å². The van der Waals surface area contributed by atoms with Crippen LogP contribution < -0.4 is 5.32 Å². The molecule has 0 radical (unpaired) electrons. The zero-order chi connectivity index (χ0) is 16.2. The van der Waals surface area contributed by atoms with Crippen LogP contribution in [0, 0.1) is 5.92 Å². The first kappa shape index (κ1) is 17.2. The fourth-order valence-corrected chi connectivity index (χ4v) is 2.02. The predicted molar refractivity (Wildman–Crippen MR) is 77.0 cm³/mol. The summed E-state index contributed by atoms with van der Waals surface area (Å²) in [5, 5.41) is 25.1. The lowest BCUT2D eigenvalue weighted by Crippen LogP contribution is -2.48. The summed E-state index contributed by atoms with van der Waals surface area (Å²) in [6, 6.07) is 0.325. The van der Waals surface area contributed by atoms with Crippen molar-refractivity contribution >= 4 is 11.9 Å². The molecule has 0 fully saturated rings. The van der Waals surface area contributed by atoms with Gasteiger partial charge in [0.2, 0.25) is 0 Å². The van der Waals surface area contributed by atoms with Crippen LogP contribution in [0.5, 0.6) is 0 Å². The zero-order valence-electron chi connectivity index (χ0n) is 12.8. The molecule has 0 spiro atoms. The minimum absolute atomic E-state index is 0.306. The lowest BCUT2D eigenvalue weighted by Gasteiger charge is -2.17. The van der Waals surface area contributed by atoms with Gasteiger partial charge in [-0.25, -0.2) is 4.79 Å². The van der Waals surface area contributed by atoms with Crippen molar-refractivity contribution in [2.24, 2.45) is 5.92 Å². The molecule has 1 rings (SSSR count). The number of amides is 1. The second-order valence-electron chi connectivity index (χ2n) is 5.46. The number of carbonyl (C=O) groups is 2. The molecule has 2 atom stereocenters. The maximum absolute atomic E-state index is 12.2. The Balaban J connectivity index is 2.95. The smallest absolute Gasteiger partial charge is 0.328 e. The first-order valence-electron chi connectivity index (χ1n) is 7.04. The molecule has 1 heterocycles. The number of carboxylic acids is 1. The van der Waals surface area contributed by atoms with Gasteiger partial charge in [0.15, 0.2) is 6.04 Å². The Bertz CT molecular complexity index is 508. The summed E-state index contributed by atoms with van der Waals surface area (Å²) >= 11 is 0. The molecule has 1 amide bonds. The quantitative estimate of drug-likeness (QED) is 0.686. The molecule has 3 N–H and O–H groups in total. The molecule has 7 heteroatoms. The number of aryl methyl sites for hydroxylation is 1. The molecule has 0 aromatic carbocycles. The van der Waals surface area contributed by atoms with Gasteiger partial charge in [-0.05, 0) is 32.3 Å². The maximum atomic E-state index is 12.2. The van der Waals surface area contributed by atoms with Crippen molar-refractivity contribution in [1.29, 1.82) is 0 Å². The van der Waals surface area contributed by atoms with E-state index in [4.69, 9.17) is 5.11 Å². The van der Waals surface area contributed by atoms with Crippen molar-refractivity contribution in [3.63, 3.8) is 0 Å². The van der Waals surface area contributed by atoms with Crippen LogP contribution in [0.2, 0.25) is 0 Å². The monoisotopic (exact) mass is 297 g/mol. The largest absolute Gasteiger partial charge is 0.480 e. The topological polar surface area (TPSA) is 104 Å². The Labute approximate surface area is 124 Å². The summed E-state index contributed by atoms with van der Waals surface area (Å²) in [5.74, 6) is -1.42. The highest BCUT2D eigenvalue weighted by Crippen LogP contribution is 2.10. The highest BCUT2D eigenvalue weighted by atomic mass is 16.4. The zero-order valence-corrected chi connectivity index (χ0v) is 12.8. The number of carboxylic acid groups (broad SMARTS) is 1. The highest BCUT2D eigenvalue weighted by Gasteiger charge is 2.27. The number of aromatic nitrogens is 2. The average Bonchev–Trinajstić information content (AvgIpc) is 2.76. The summed E-state index contributed by atoms with van der Waals surface area (Å²) in [7, 11) is 0. The normalized spacial score (nSPS) is 14.0. The summed E-state index contributed by atoms with van der Waals surface area (Å²) in [6.07, 6.45) is -0.439. The summed E-state index contributed by atoms with van der Waals surface area (Å²) in [4.78, 5) is 23.2. The molecule has 0 bridgehead atoms. The lowest BCUT2D eigenvalue weighted by atomic mass is 10.1. The molecular formula is C14H23N3O4. The highest BCUT2D eigenvalue weighted by molar-refractivity contribution is 5.95. The molecule has 1 aromatic rings. The number of hydrogen-bond acceptors (Lipinski definition) is 4.